The molecule has 0 radical (unpaired) electrons. The zero-order valence-electron chi connectivity index (χ0n) is 17.1. The number of hydrogen-bond acceptors (Lipinski definition) is 1. The van der Waals surface area contributed by atoms with E-state index in [1.165, 1.54) is 134 Å². The second kappa shape index (κ2) is 24.4. The Hall–Kier alpha value is 0.440. The molecule has 0 aliphatic rings. The van der Waals surface area contributed by atoms with Crippen molar-refractivity contribution in [3.05, 3.63) is 0 Å². The van der Waals surface area contributed by atoms with Gasteiger partial charge in [0.15, 0.2) is 0 Å². The van der Waals surface area contributed by atoms with Crippen LogP contribution >= 0.6 is 15.9 Å². The third kappa shape index (κ3) is 24.4. The van der Waals surface area contributed by atoms with Crippen molar-refractivity contribution >= 4 is 15.9 Å². The monoisotopic (exact) mass is 418 g/mol. The van der Waals surface area contributed by atoms with Crippen LogP contribution in [0.2, 0.25) is 0 Å². The average molecular weight is 420 g/mol. The largest absolute Gasteiger partial charge is 0.396 e. The van der Waals surface area contributed by atoms with E-state index < -0.39 is 0 Å². The Morgan fingerprint density at radius 2 is 0.520 bits per heavy atom. The highest BCUT2D eigenvalue weighted by Crippen LogP contribution is 2.15. The maximum Gasteiger partial charge on any atom is 0.0431 e. The lowest BCUT2D eigenvalue weighted by molar-refractivity contribution is 0.282. The van der Waals surface area contributed by atoms with E-state index in [2.05, 4.69) is 15.9 Å². The summed E-state index contributed by atoms with van der Waals surface area (Å²) >= 11 is 3.50. The van der Waals surface area contributed by atoms with Crippen LogP contribution in [0, 0.1) is 0 Å². The lowest BCUT2D eigenvalue weighted by Crippen LogP contribution is -1.85. The molecule has 0 aromatic rings. The van der Waals surface area contributed by atoms with Gasteiger partial charge in [-0.15, -0.1) is 0 Å². The number of unbranched alkanes of at least 4 members (excludes halogenated alkanes) is 20. The van der Waals surface area contributed by atoms with E-state index in [0.29, 0.717) is 6.61 Å². The van der Waals surface area contributed by atoms with Crippen molar-refractivity contribution in [2.45, 2.75) is 135 Å². The summed E-state index contributed by atoms with van der Waals surface area (Å²) in [5, 5.41) is 9.90. The van der Waals surface area contributed by atoms with Gasteiger partial charge in [-0.05, 0) is 12.8 Å². The molecule has 0 rings (SSSR count). The summed E-state index contributed by atoms with van der Waals surface area (Å²) in [5.74, 6) is 0. The lowest BCUT2D eigenvalue weighted by atomic mass is 10.0. The molecule has 0 amide bonds. The van der Waals surface area contributed by atoms with E-state index in [1.807, 2.05) is 0 Å². The molecule has 0 spiro atoms. The van der Waals surface area contributed by atoms with E-state index >= 15 is 0 Å². The first-order chi connectivity index (χ1) is 12.4. The van der Waals surface area contributed by atoms with E-state index in [4.69, 9.17) is 5.11 Å². The van der Waals surface area contributed by atoms with Crippen LogP contribution in [0.25, 0.3) is 0 Å². The molecule has 0 saturated carbocycles. The van der Waals surface area contributed by atoms with Crippen LogP contribution in [0.3, 0.4) is 0 Å². The second-order valence-corrected chi connectivity index (χ2v) is 8.63. The standard InChI is InChI=1S/C23H47BrO/c24-22-20-18-16-14-12-10-8-6-4-2-1-3-5-7-9-11-13-15-17-19-21-23-25/h25H,1-23H2. The molecule has 2 heteroatoms. The van der Waals surface area contributed by atoms with Crippen LogP contribution in [-0.2, 0) is 0 Å². The SMILES string of the molecule is OCCCCCCCCCCCCCCCCCCCCCCCBr. The highest BCUT2D eigenvalue weighted by molar-refractivity contribution is 9.09. The molecule has 0 fully saturated rings. The first-order valence-electron chi connectivity index (χ1n) is 11.6. The molecule has 0 aliphatic carbocycles. The summed E-state index contributed by atoms with van der Waals surface area (Å²) in [4.78, 5) is 0. The molecule has 1 N–H and O–H groups in total. The molecular formula is C23H47BrO. The van der Waals surface area contributed by atoms with E-state index in [9.17, 15) is 0 Å². The first-order valence-corrected chi connectivity index (χ1v) is 12.7. The quantitative estimate of drug-likeness (QED) is 0.138. The number of halogens is 1. The Morgan fingerprint density at radius 1 is 0.320 bits per heavy atom. The molecule has 152 valence electrons. The van der Waals surface area contributed by atoms with E-state index in [1.54, 1.807) is 0 Å². The van der Waals surface area contributed by atoms with Crippen molar-refractivity contribution < 1.29 is 5.11 Å². The van der Waals surface area contributed by atoms with Gasteiger partial charge in [-0.25, -0.2) is 0 Å². The second-order valence-electron chi connectivity index (χ2n) is 7.84. The Balaban J connectivity index is 2.94. The van der Waals surface area contributed by atoms with Gasteiger partial charge >= 0.3 is 0 Å². The molecule has 1 nitrogen and oxygen atoms in total. The Bertz CT molecular complexity index is 198. The third-order valence-electron chi connectivity index (χ3n) is 5.29. The zero-order chi connectivity index (χ0) is 18.3. The van der Waals surface area contributed by atoms with Crippen LogP contribution in [-0.4, -0.2) is 17.0 Å². The maximum atomic E-state index is 8.72. The molecule has 0 atom stereocenters. The third-order valence-corrected chi connectivity index (χ3v) is 5.85. The van der Waals surface area contributed by atoms with Gasteiger partial charge in [0.1, 0.15) is 0 Å². The number of rotatable bonds is 22. The fourth-order valence-corrected chi connectivity index (χ4v) is 3.96. The molecule has 0 bridgehead atoms. The summed E-state index contributed by atoms with van der Waals surface area (Å²) in [5.41, 5.74) is 0. The smallest absolute Gasteiger partial charge is 0.0431 e. The van der Waals surface area contributed by atoms with Gasteiger partial charge in [0.05, 0.1) is 0 Å². The van der Waals surface area contributed by atoms with Crippen LogP contribution in [0.5, 0.6) is 0 Å². The molecule has 0 heterocycles. The average Bonchev–Trinajstić information content (AvgIpc) is 2.63. The summed E-state index contributed by atoms with van der Waals surface area (Å²) in [6, 6.07) is 0. The summed E-state index contributed by atoms with van der Waals surface area (Å²) in [6.45, 7) is 0.373. The number of hydrogen-bond donors (Lipinski definition) is 1. The van der Waals surface area contributed by atoms with Crippen LogP contribution in [0.1, 0.15) is 135 Å². The van der Waals surface area contributed by atoms with Crippen molar-refractivity contribution in [3.8, 4) is 0 Å². The van der Waals surface area contributed by atoms with Crippen molar-refractivity contribution in [1.29, 1.82) is 0 Å². The molecule has 0 aliphatic heterocycles. The predicted octanol–water partition coefficient (Wildman–Crippen LogP) is 8.57. The van der Waals surface area contributed by atoms with Gasteiger partial charge < -0.3 is 5.11 Å². The van der Waals surface area contributed by atoms with Gasteiger partial charge in [-0.1, -0.05) is 138 Å². The van der Waals surface area contributed by atoms with E-state index in [0.717, 1.165) is 6.42 Å². The number of aliphatic hydroxyl groups excluding tert-OH is 1. The van der Waals surface area contributed by atoms with Crippen LogP contribution < -0.4 is 0 Å². The van der Waals surface area contributed by atoms with Crippen molar-refractivity contribution in [2.75, 3.05) is 11.9 Å². The lowest BCUT2D eigenvalue weighted by Gasteiger charge is -2.04. The fraction of sp³-hybridized carbons (Fsp3) is 1.00. The maximum absolute atomic E-state index is 8.72. The minimum Gasteiger partial charge on any atom is -0.396 e. The number of alkyl halides is 1. The van der Waals surface area contributed by atoms with Crippen LogP contribution in [0.4, 0.5) is 0 Å². The molecular weight excluding hydrogens is 372 g/mol. The van der Waals surface area contributed by atoms with Gasteiger partial charge in [0.25, 0.3) is 0 Å². The first kappa shape index (κ1) is 25.4. The molecule has 0 saturated heterocycles. The minimum atomic E-state index is 0.373. The van der Waals surface area contributed by atoms with Crippen molar-refractivity contribution in [1.82, 2.24) is 0 Å². The molecule has 0 unspecified atom stereocenters. The highest BCUT2D eigenvalue weighted by atomic mass is 79.9. The Morgan fingerprint density at radius 3 is 0.720 bits per heavy atom. The van der Waals surface area contributed by atoms with E-state index in [-0.39, 0.29) is 0 Å². The topological polar surface area (TPSA) is 20.2 Å². The Labute approximate surface area is 167 Å². The van der Waals surface area contributed by atoms with Crippen LogP contribution in [0.15, 0.2) is 0 Å². The van der Waals surface area contributed by atoms with Crippen molar-refractivity contribution in [2.24, 2.45) is 0 Å². The number of aliphatic hydroxyl groups is 1. The van der Waals surface area contributed by atoms with Gasteiger partial charge in [-0.3, -0.25) is 0 Å². The zero-order valence-corrected chi connectivity index (χ0v) is 18.7. The Kier molecular flexibility index (Phi) is 24.9. The van der Waals surface area contributed by atoms with Crippen molar-refractivity contribution in [3.63, 3.8) is 0 Å². The fourth-order valence-electron chi connectivity index (χ4n) is 3.57. The summed E-state index contributed by atoms with van der Waals surface area (Å²) in [7, 11) is 0. The van der Waals surface area contributed by atoms with Gasteiger partial charge in [0.2, 0.25) is 0 Å². The van der Waals surface area contributed by atoms with Gasteiger partial charge in [0, 0.05) is 11.9 Å². The predicted molar refractivity (Wildman–Crippen MR) is 118 cm³/mol. The molecule has 0 aromatic carbocycles. The molecule has 0 aromatic heterocycles. The summed E-state index contributed by atoms with van der Waals surface area (Å²) < 4.78 is 0. The highest BCUT2D eigenvalue weighted by Gasteiger charge is 1.95. The summed E-state index contributed by atoms with van der Waals surface area (Å²) in [6.07, 6.45) is 29.5. The molecule has 25 heavy (non-hydrogen) atoms. The minimum absolute atomic E-state index is 0.373. The normalized spacial score (nSPS) is 11.3. The van der Waals surface area contributed by atoms with Gasteiger partial charge in [-0.2, -0.15) is 0 Å².